The highest BCUT2D eigenvalue weighted by molar-refractivity contribution is 5.80. The summed E-state index contributed by atoms with van der Waals surface area (Å²) in [5.74, 6) is 0.455. The quantitative estimate of drug-likeness (QED) is 0.623. The molecule has 7 nitrogen and oxygen atoms in total. The molecule has 0 saturated carbocycles. The van der Waals surface area contributed by atoms with Gasteiger partial charge in [0.15, 0.2) is 0 Å². The minimum absolute atomic E-state index is 0.0282. The number of anilines is 1. The van der Waals surface area contributed by atoms with Gasteiger partial charge in [0.1, 0.15) is 0 Å². The minimum Gasteiger partial charge on any atom is -0.374 e. The molecule has 5 rings (SSSR count). The Morgan fingerprint density at radius 3 is 2.53 bits per heavy atom. The number of urea groups is 1. The SMILES string of the molecule is CCNC(=O)N1CCN(c2ccnn3cc(-c4ccc([C@@H]5C=CN(C(C)C)C5)cc4)cc23)CC1. The highest BCUT2D eigenvalue weighted by Gasteiger charge is 2.23. The van der Waals surface area contributed by atoms with E-state index in [1.54, 1.807) is 0 Å². The number of carbonyl (C=O) groups excluding carboxylic acids is 1. The molecule has 0 bridgehead atoms. The molecule has 7 heteroatoms. The molecule has 178 valence electrons. The van der Waals surface area contributed by atoms with Crippen LogP contribution in [0.25, 0.3) is 16.6 Å². The molecule has 1 fully saturated rings. The van der Waals surface area contributed by atoms with Gasteiger partial charge in [0.05, 0.1) is 11.2 Å². The maximum Gasteiger partial charge on any atom is 0.317 e. The van der Waals surface area contributed by atoms with Crippen LogP contribution >= 0.6 is 0 Å². The molecular weight excluding hydrogens is 424 g/mol. The van der Waals surface area contributed by atoms with E-state index in [0.717, 1.165) is 38.2 Å². The summed E-state index contributed by atoms with van der Waals surface area (Å²) in [5, 5.41) is 7.45. The van der Waals surface area contributed by atoms with Crippen LogP contribution in [0.15, 0.2) is 61.1 Å². The smallest absolute Gasteiger partial charge is 0.317 e. The summed E-state index contributed by atoms with van der Waals surface area (Å²) in [4.78, 5) is 18.8. The Balaban J connectivity index is 1.32. The summed E-state index contributed by atoms with van der Waals surface area (Å²) in [6, 6.07) is 13.8. The molecule has 3 aromatic rings. The Kier molecular flexibility index (Phi) is 6.18. The van der Waals surface area contributed by atoms with Gasteiger partial charge in [0.2, 0.25) is 0 Å². The van der Waals surface area contributed by atoms with Crippen molar-refractivity contribution in [2.24, 2.45) is 0 Å². The molecule has 2 amide bonds. The number of benzene rings is 1. The van der Waals surface area contributed by atoms with Gasteiger partial charge in [-0.3, -0.25) is 0 Å². The molecule has 2 aliphatic rings. The van der Waals surface area contributed by atoms with E-state index in [2.05, 4.69) is 88.9 Å². The predicted molar refractivity (Wildman–Crippen MR) is 137 cm³/mol. The van der Waals surface area contributed by atoms with Crippen molar-refractivity contribution in [3.05, 3.63) is 66.6 Å². The van der Waals surface area contributed by atoms with E-state index in [-0.39, 0.29) is 6.03 Å². The molecule has 1 aromatic carbocycles. The molecule has 34 heavy (non-hydrogen) atoms. The van der Waals surface area contributed by atoms with Crippen molar-refractivity contribution in [1.82, 2.24) is 24.7 Å². The van der Waals surface area contributed by atoms with Crippen LogP contribution < -0.4 is 10.2 Å². The van der Waals surface area contributed by atoms with E-state index < -0.39 is 0 Å². The average molecular weight is 459 g/mol. The molecule has 2 aliphatic heterocycles. The van der Waals surface area contributed by atoms with Crippen LogP contribution in [0.5, 0.6) is 0 Å². The highest BCUT2D eigenvalue weighted by Crippen LogP contribution is 2.31. The van der Waals surface area contributed by atoms with Gasteiger partial charge in [-0.25, -0.2) is 9.31 Å². The number of carbonyl (C=O) groups is 1. The zero-order valence-corrected chi connectivity index (χ0v) is 20.3. The van der Waals surface area contributed by atoms with Crippen LogP contribution in [-0.4, -0.2) is 70.8 Å². The lowest BCUT2D eigenvalue weighted by molar-refractivity contribution is 0.195. The maximum absolute atomic E-state index is 12.1. The van der Waals surface area contributed by atoms with Gasteiger partial charge in [-0.15, -0.1) is 0 Å². The van der Waals surface area contributed by atoms with Gasteiger partial charge in [-0.1, -0.05) is 30.3 Å². The van der Waals surface area contributed by atoms with Crippen LogP contribution in [0.1, 0.15) is 32.3 Å². The zero-order valence-electron chi connectivity index (χ0n) is 20.3. The van der Waals surface area contributed by atoms with Crippen LogP contribution in [0, 0.1) is 0 Å². The van der Waals surface area contributed by atoms with Gasteiger partial charge in [-0.2, -0.15) is 5.10 Å². The van der Waals surface area contributed by atoms with Gasteiger partial charge >= 0.3 is 6.03 Å². The highest BCUT2D eigenvalue weighted by atomic mass is 16.2. The topological polar surface area (TPSA) is 56.1 Å². The lowest BCUT2D eigenvalue weighted by Crippen LogP contribution is -2.51. The fourth-order valence-electron chi connectivity index (χ4n) is 4.92. The van der Waals surface area contributed by atoms with E-state index in [0.29, 0.717) is 18.5 Å². The first-order valence-electron chi connectivity index (χ1n) is 12.3. The predicted octanol–water partition coefficient (Wildman–Crippen LogP) is 4.17. The Morgan fingerprint density at radius 1 is 1.09 bits per heavy atom. The molecule has 0 aliphatic carbocycles. The van der Waals surface area contributed by atoms with E-state index in [1.807, 2.05) is 22.5 Å². The maximum atomic E-state index is 12.1. The van der Waals surface area contributed by atoms with Crippen LogP contribution in [-0.2, 0) is 0 Å². The lowest BCUT2D eigenvalue weighted by atomic mass is 9.97. The van der Waals surface area contributed by atoms with Crippen molar-refractivity contribution in [3.63, 3.8) is 0 Å². The molecule has 1 N–H and O–H groups in total. The molecule has 4 heterocycles. The second kappa shape index (κ2) is 9.41. The molecule has 2 aromatic heterocycles. The molecular formula is C27H34N6O. The van der Waals surface area contributed by atoms with Crippen LogP contribution in [0.3, 0.4) is 0 Å². The third-order valence-corrected chi connectivity index (χ3v) is 6.97. The van der Waals surface area contributed by atoms with Crippen molar-refractivity contribution < 1.29 is 4.79 Å². The summed E-state index contributed by atoms with van der Waals surface area (Å²) in [6.45, 7) is 11.2. The number of hydrogen-bond donors (Lipinski definition) is 1. The number of piperazine rings is 1. The summed E-state index contributed by atoms with van der Waals surface area (Å²) in [5.41, 5.74) is 5.98. The number of nitrogens with one attached hydrogen (secondary N) is 1. The third kappa shape index (κ3) is 4.34. The Morgan fingerprint density at radius 2 is 1.85 bits per heavy atom. The summed E-state index contributed by atoms with van der Waals surface area (Å²) < 4.78 is 1.97. The number of rotatable bonds is 5. The first-order chi connectivity index (χ1) is 16.5. The molecule has 1 atom stereocenters. The van der Waals surface area contributed by atoms with Gasteiger partial charge < -0.3 is 20.0 Å². The van der Waals surface area contributed by atoms with Crippen molar-refractivity contribution >= 4 is 17.2 Å². The van der Waals surface area contributed by atoms with Crippen LogP contribution in [0.4, 0.5) is 10.5 Å². The second-order valence-corrected chi connectivity index (χ2v) is 9.45. The number of nitrogens with zero attached hydrogens (tertiary/aromatic N) is 5. The van der Waals surface area contributed by atoms with Gasteiger partial charge in [0.25, 0.3) is 0 Å². The molecule has 0 radical (unpaired) electrons. The minimum atomic E-state index is 0.0282. The Bertz CT molecular complexity index is 1170. The average Bonchev–Trinajstić information content (AvgIpc) is 3.52. The monoisotopic (exact) mass is 458 g/mol. The first-order valence-corrected chi connectivity index (χ1v) is 12.3. The van der Waals surface area contributed by atoms with Gasteiger partial charge in [-0.05, 0) is 50.2 Å². The van der Waals surface area contributed by atoms with E-state index in [4.69, 9.17) is 0 Å². The van der Waals surface area contributed by atoms with E-state index >= 15 is 0 Å². The molecule has 1 saturated heterocycles. The normalized spacial score (nSPS) is 18.4. The Hall–Kier alpha value is -3.48. The largest absolute Gasteiger partial charge is 0.374 e. The van der Waals surface area contributed by atoms with Crippen molar-refractivity contribution in [1.29, 1.82) is 0 Å². The zero-order chi connectivity index (χ0) is 23.7. The lowest BCUT2D eigenvalue weighted by Gasteiger charge is -2.36. The Labute approximate surface area is 201 Å². The van der Waals surface area contributed by atoms with Crippen molar-refractivity contribution in [2.75, 3.05) is 44.2 Å². The molecule has 0 unspecified atom stereocenters. The van der Waals surface area contributed by atoms with Gasteiger partial charge in [0, 0.05) is 69.2 Å². The standard InChI is InChI=1S/C27H34N6O/c1-4-28-27(34)31-15-13-30(14-16-31)25-9-11-29-33-19-24(17-26(25)33)22-7-5-21(6-8-22)23-10-12-32(18-23)20(2)3/h5-12,17,19-20,23H,4,13-16,18H2,1-3H3,(H,28,34)/t23-/m1/s1. The third-order valence-electron chi connectivity index (χ3n) is 6.97. The fourth-order valence-corrected chi connectivity index (χ4v) is 4.92. The number of hydrogen-bond acceptors (Lipinski definition) is 4. The second-order valence-electron chi connectivity index (χ2n) is 9.45. The summed E-state index contributed by atoms with van der Waals surface area (Å²) in [7, 11) is 0. The fraction of sp³-hybridized carbons (Fsp3) is 0.407. The summed E-state index contributed by atoms with van der Waals surface area (Å²) >= 11 is 0. The molecule has 0 spiro atoms. The van der Waals surface area contributed by atoms with Crippen LogP contribution in [0.2, 0.25) is 0 Å². The number of amides is 2. The van der Waals surface area contributed by atoms with E-state index in [1.165, 1.54) is 22.4 Å². The number of aromatic nitrogens is 2. The van der Waals surface area contributed by atoms with E-state index in [9.17, 15) is 4.79 Å². The number of fused-ring (bicyclic) bond motifs is 1. The first kappa shape index (κ1) is 22.3. The van der Waals surface area contributed by atoms with Crippen molar-refractivity contribution in [2.45, 2.75) is 32.7 Å². The summed E-state index contributed by atoms with van der Waals surface area (Å²) in [6.07, 6.45) is 8.50. The van der Waals surface area contributed by atoms with Crippen molar-refractivity contribution in [3.8, 4) is 11.1 Å².